The van der Waals surface area contributed by atoms with Crippen molar-refractivity contribution in [3.63, 3.8) is 0 Å². The third-order valence-corrected chi connectivity index (χ3v) is 4.05. The molecule has 1 amide bonds. The van der Waals surface area contributed by atoms with Gasteiger partial charge in [0.15, 0.2) is 0 Å². The van der Waals surface area contributed by atoms with E-state index in [-0.39, 0.29) is 18.1 Å². The Hall–Kier alpha value is -0.610. The molecule has 2 aliphatic heterocycles. The van der Waals surface area contributed by atoms with Crippen molar-refractivity contribution in [1.82, 2.24) is 10.2 Å². The van der Waals surface area contributed by atoms with Gasteiger partial charge in [0.25, 0.3) is 0 Å². The molecule has 2 saturated heterocycles. The van der Waals surface area contributed by atoms with Gasteiger partial charge >= 0.3 is 0 Å². The van der Waals surface area contributed by atoms with Gasteiger partial charge in [-0.3, -0.25) is 4.79 Å². The van der Waals surface area contributed by atoms with E-state index in [0.29, 0.717) is 5.92 Å². The molecule has 0 aromatic carbocycles. The first-order chi connectivity index (χ1) is 8.72. The average molecular weight is 254 g/mol. The largest absolute Gasteiger partial charge is 0.376 e. The van der Waals surface area contributed by atoms with Crippen LogP contribution in [0.1, 0.15) is 39.5 Å². The Morgan fingerprint density at radius 1 is 1.44 bits per heavy atom. The Morgan fingerprint density at radius 3 is 2.94 bits per heavy atom. The zero-order valence-electron chi connectivity index (χ0n) is 11.7. The van der Waals surface area contributed by atoms with Crippen LogP contribution in [0.2, 0.25) is 0 Å². The molecule has 2 fully saturated rings. The molecule has 1 N–H and O–H groups in total. The Balaban J connectivity index is 1.85. The first kappa shape index (κ1) is 13.8. The summed E-state index contributed by atoms with van der Waals surface area (Å²) in [6, 6.07) is 0.0370. The normalized spacial score (nSPS) is 32.8. The molecule has 4 heteroatoms. The predicted octanol–water partition coefficient (Wildman–Crippen LogP) is 1.40. The summed E-state index contributed by atoms with van der Waals surface area (Å²) in [5.74, 6) is 0.749. The van der Waals surface area contributed by atoms with Crippen molar-refractivity contribution < 1.29 is 9.53 Å². The minimum atomic E-state index is 0.0370. The van der Waals surface area contributed by atoms with Crippen molar-refractivity contribution in [3.8, 4) is 0 Å². The van der Waals surface area contributed by atoms with Crippen molar-refractivity contribution in [3.05, 3.63) is 0 Å². The van der Waals surface area contributed by atoms with Gasteiger partial charge in [0.2, 0.25) is 5.91 Å². The van der Waals surface area contributed by atoms with Crippen molar-refractivity contribution in [2.24, 2.45) is 5.92 Å². The van der Waals surface area contributed by atoms with Crippen LogP contribution in [0.3, 0.4) is 0 Å². The van der Waals surface area contributed by atoms with Gasteiger partial charge in [-0.25, -0.2) is 0 Å². The second-order valence-electron chi connectivity index (χ2n) is 5.62. The molecule has 3 unspecified atom stereocenters. The maximum atomic E-state index is 12.4. The van der Waals surface area contributed by atoms with E-state index in [9.17, 15) is 4.79 Å². The lowest BCUT2D eigenvalue weighted by Crippen LogP contribution is -2.51. The zero-order chi connectivity index (χ0) is 13.0. The van der Waals surface area contributed by atoms with Crippen LogP contribution in [0, 0.1) is 5.92 Å². The summed E-state index contributed by atoms with van der Waals surface area (Å²) in [6.45, 7) is 7.75. The molecule has 0 spiro atoms. The van der Waals surface area contributed by atoms with Crippen LogP contribution >= 0.6 is 0 Å². The van der Waals surface area contributed by atoms with Crippen LogP contribution in [0.25, 0.3) is 0 Å². The molecule has 2 rings (SSSR count). The van der Waals surface area contributed by atoms with Crippen LogP contribution < -0.4 is 5.32 Å². The van der Waals surface area contributed by atoms with E-state index in [0.717, 1.165) is 51.9 Å². The second-order valence-corrected chi connectivity index (χ2v) is 5.62. The van der Waals surface area contributed by atoms with Gasteiger partial charge < -0.3 is 15.0 Å². The number of nitrogens with one attached hydrogen (secondary N) is 1. The summed E-state index contributed by atoms with van der Waals surface area (Å²) in [4.78, 5) is 14.4. The monoisotopic (exact) mass is 254 g/mol. The van der Waals surface area contributed by atoms with Crippen LogP contribution in [-0.2, 0) is 9.53 Å². The van der Waals surface area contributed by atoms with Crippen molar-refractivity contribution in [2.75, 3.05) is 26.2 Å². The van der Waals surface area contributed by atoms with Gasteiger partial charge in [-0.05, 0) is 38.1 Å². The van der Waals surface area contributed by atoms with Crippen molar-refractivity contribution >= 4 is 5.91 Å². The highest BCUT2D eigenvalue weighted by atomic mass is 16.5. The van der Waals surface area contributed by atoms with Crippen molar-refractivity contribution in [1.29, 1.82) is 0 Å². The van der Waals surface area contributed by atoms with E-state index in [4.69, 9.17) is 4.74 Å². The Labute approximate surface area is 110 Å². The number of ether oxygens (including phenoxy) is 1. The van der Waals surface area contributed by atoms with Crippen molar-refractivity contribution in [2.45, 2.75) is 51.7 Å². The molecule has 3 atom stereocenters. The number of likely N-dealkylation sites (tertiary alicyclic amines) is 1. The van der Waals surface area contributed by atoms with Gasteiger partial charge in [0.05, 0.1) is 12.1 Å². The first-order valence-electron chi connectivity index (χ1n) is 7.36. The van der Waals surface area contributed by atoms with Gasteiger partial charge in [-0.15, -0.1) is 0 Å². The molecule has 0 bridgehead atoms. The van der Waals surface area contributed by atoms with E-state index >= 15 is 0 Å². The molecular formula is C14H26N2O2. The fourth-order valence-corrected chi connectivity index (χ4v) is 2.92. The molecule has 0 aromatic heterocycles. The molecule has 4 nitrogen and oxygen atoms in total. The smallest absolute Gasteiger partial charge is 0.240 e. The summed E-state index contributed by atoms with van der Waals surface area (Å²) in [5, 5.41) is 3.33. The minimum absolute atomic E-state index is 0.0370. The lowest BCUT2D eigenvalue weighted by Gasteiger charge is -2.35. The summed E-state index contributed by atoms with van der Waals surface area (Å²) >= 11 is 0. The van der Waals surface area contributed by atoms with E-state index in [2.05, 4.69) is 19.2 Å². The molecule has 0 aliphatic carbocycles. The third kappa shape index (κ3) is 3.23. The van der Waals surface area contributed by atoms with E-state index in [1.54, 1.807) is 0 Å². The topological polar surface area (TPSA) is 41.6 Å². The van der Waals surface area contributed by atoms with Crippen LogP contribution in [0.15, 0.2) is 0 Å². The number of amides is 1. The summed E-state index contributed by atoms with van der Waals surface area (Å²) < 4.78 is 5.79. The zero-order valence-corrected chi connectivity index (χ0v) is 11.7. The Kier molecular flexibility index (Phi) is 5.01. The van der Waals surface area contributed by atoms with Gasteiger partial charge in [-0.2, -0.15) is 0 Å². The Morgan fingerprint density at radius 2 is 2.28 bits per heavy atom. The van der Waals surface area contributed by atoms with Crippen LogP contribution in [0.4, 0.5) is 0 Å². The van der Waals surface area contributed by atoms with Gasteiger partial charge in [0, 0.05) is 19.7 Å². The highest BCUT2D eigenvalue weighted by Gasteiger charge is 2.34. The number of carbonyl (C=O) groups excluding carboxylic acids is 1. The fraction of sp³-hybridized carbons (Fsp3) is 0.929. The molecule has 0 aromatic rings. The van der Waals surface area contributed by atoms with E-state index < -0.39 is 0 Å². The van der Waals surface area contributed by atoms with E-state index in [1.807, 2.05) is 4.90 Å². The number of rotatable bonds is 4. The van der Waals surface area contributed by atoms with Gasteiger partial charge in [-0.1, -0.05) is 13.8 Å². The molecule has 18 heavy (non-hydrogen) atoms. The number of hydrogen-bond acceptors (Lipinski definition) is 3. The summed E-state index contributed by atoms with van der Waals surface area (Å²) in [6.07, 6.45) is 4.57. The maximum absolute atomic E-state index is 12.4. The predicted molar refractivity (Wildman–Crippen MR) is 71.4 cm³/mol. The standard InChI is InChI=1S/C14H26N2O2/c1-3-9-18-12-5-4-8-16(10-12)14(17)13-11(2)6-7-15-13/h11-13,15H,3-10H2,1-2H3. The number of nitrogens with zero attached hydrogens (tertiary/aromatic N) is 1. The molecule has 104 valence electrons. The molecule has 2 aliphatic rings. The summed E-state index contributed by atoms with van der Waals surface area (Å²) in [7, 11) is 0. The fourth-order valence-electron chi connectivity index (χ4n) is 2.92. The minimum Gasteiger partial charge on any atom is -0.376 e. The van der Waals surface area contributed by atoms with Crippen LogP contribution in [0.5, 0.6) is 0 Å². The number of hydrogen-bond donors (Lipinski definition) is 1. The third-order valence-electron chi connectivity index (χ3n) is 4.05. The number of piperidine rings is 1. The maximum Gasteiger partial charge on any atom is 0.240 e. The highest BCUT2D eigenvalue weighted by Crippen LogP contribution is 2.20. The highest BCUT2D eigenvalue weighted by molar-refractivity contribution is 5.82. The quantitative estimate of drug-likeness (QED) is 0.824. The summed E-state index contributed by atoms with van der Waals surface area (Å²) in [5.41, 5.74) is 0. The Bertz CT molecular complexity index is 283. The SMILES string of the molecule is CCCOC1CCCN(C(=O)C2NCCC2C)C1. The molecule has 0 radical (unpaired) electrons. The molecule has 2 heterocycles. The number of carbonyl (C=O) groups is 1. The first-order valence-corrected chi connectivity index (χ1v) is 7.36. The average Bonchev–Trinajstić information content (AvgIpc) is 2.82. The lowest BCUT2D eigenvalue weighted by molar-refractivity contribution is -0.138. The molecular weight excluding hydrogens is 228 g/mol. The molecule has 0 saturated carbocycles. The second kappa shape index (κ2) is 6.53. The van der Waals surface area contributed by atoms with E-state index in [1.165, 1.54) is 0 Å². The lowest BCUT2D eigenvalue weighted by atomic mass is 10.0. The van der Waals surface area contributed by atoms with Crippen LogP contribution in [-0.4, -0.2) is 49.2 Å². The van der Waals surface area contributed by atoms with Gasteiger partial charge in [0.1, 0.15) is 0 Å².